The molecule has 0 spiro atoms. The summed E-state index contributed by atoms with van der Waals surface area (Å²) in [7, 11) is 0. The van der Waals surface area contributed by atoms with Gasteiger partial charge in [0.1, 0.15) is 0 Å². The van der Waals surface area contributed by atoms with E-state index in [0.717, 1.165) is 24.0 Å². The van der Waals surface area contributed by atoms with Gasteiger partial charge >= 0.3 is 5.97 Å². The molecule has 2 atom stereocenters. The molecule has 1 aliphatic carbocycles. The first-order chi connectivity index (χ1) is 10.6. The quantitative estimate of drug-likeness (QED) is 0.518. The second-order valence-corrected chi connectivity index (χ2v) is 6.27. The van der Waals surface area contributed by atoms with Crippen LogP contribution in [-0.4, -0.2) is 17.9 Å². The third-order valence-corrected chi connectivity index (χ3v) is 4.34. The first kappa shape index (κ1) is 16.7. The number of rotatable bonds is 8. The molecule has 1 aromatic rings. The van der Waals surface area contributed by atoms with Crippen LogP contribution in [0, 0.1) is 0 Å². The fraction of sp³-hybridized carbons (Fsp3) is 0.579. The molecule has 2 rings (SSSR count). The van der Waals surface area contributed by atoms with E-state index in [2.05, 4.69) is 6.92 Å². The van der Waals surface area contributed by atoms with Gasteiger partial charge in [0, 0.05) is 17.9 Å². The van der Waals surface area contributed by atoms with E-state index in [1.807, 2.05) is 31.2 Å². The maximum absolute atomic E-state index is 12.1. The summed E-state index contributed by atoms with van der Waals surface area (Å²) in [6.07, 6.45) is 6.38. The Hall–Kier alpha value is -1.64. The van der Waals surface area contributed by atoms with Crippen LogP contribution in [-0.2, 0) is 9.53 Å². The van der Waals surface area contributed by atoms with E-state index >= 15 is 0 Å². The van der Waals surface area contributed by atoms with Crippen LogP contribution in [0.15, 0.2) is 24.3 Å². The molecular formula is C19H26O3. The van der Waals surface area contributed by atoms with Crippen molar-refractivity contribution in [3.8, 4) is 0 Å². The number of ketones is 1. The molecule has 0 saturated carbocycles. The first-order valence-electron chi connectivity index (χ1n) is 8.43. The molecule has 3 nitrogen and oxygen atoms in total. The Balaban J connectivity index is 1.79. The lowest BCUT2D eigenvalue weighted by Crippen LogP contribution is -2.16. The standard InChI is InChI=1S/C19H26O3/c1-3-4-5-6-9-14(2)22-19(21)13-15-12-18(20)17-11-8-7-10-16(15)17/h7-8,10-11,14-15H,3-6,9,12-13H2,1-2H3. The van der Waals surface area contributed by atoms with E-state index in [0.29, 0.717) is 12.8 Å². The molecule has 0 bridgehead atoms. The van der Waals surface area contributed by atoms with Gasteiger partial charge in [0.05, 0.1) is 12.5 Å². The van der Waals surface area contributed by atoms with Crippen molar-refractivity contribution in [2.24, 2.45) is 0 Å². The topological polar surface area (TPSA) is 43.4 Å². The monoisotopic (exact) mass is 302 g/mol. The Morgan fingerprint density at radius 1 is 1.27 bits per heavy atom. The average Bonchev–Trinajstić information content (AvgIpc) is 2.80. The van der Waals surface area contributed by atoms with E-state index in [1.54, 1.807) is 0 Å². The molecular weight excluding hydrogens is 276 g/mol. The van der Waals surface area contributed by atoms with Crippen LogP contribution < -0.4 is 0 Å². The number of fused-ring (bicyclic) bond motifs is 1. The normalized spacial score (nSPS) is 18.1. The molecule has 1 aliphatic rings. The Morgan fingerprint density at radius 2 is 2.05 bits per heavy atom. The second kappa shape index (κ2) is 8.11. The lowest BCUT2D eigenvalue weighted by atomic mass is 9.98. The lowest BCUT2D eigenvalue weighted by molar-refractivity contribution is -0.149. The van der Waals surface area contributed by atoms with Crippen LogP contribution in [0.3, 0.4) is 0 Å². The van der Waals surface area contributed by atoms with Crippen LogP contribution >= 0.6 is 0 Å². The van der Waals surface area contributed by atoms with Crippen LogP contribution in [0.4, 0.5) is 0 Å². The number of esters is 1. The number of hydrogen-bond acceptors (Lipinski definition) is 3. The van der Waals surface area contributed by atoms with Crippen LogP contribution in [0.5, 0.6) is 0 Å². The largest absolute Gasteiger partial charge is 0.463 e. The van der Waals surface area contributed by atoms with Crippen LogP contribution in [0.1, 0.15) is 80.6 Å². The molecule has 22 heavy (non-hydrogen) atoms. The van der Waals surface area contributed by atoms with E-state index in [-0.39, 0.29) is 23.8 Å². The van der Waals surface area contributed by atoms with Gasteiger partial charge in [-0.1, -0.05) is 50.5 Å². The number of ether oxygens (including phenoxy) is 1. The highest BCUT2D eigenvalue weighted by Crippen LogP contribution is 2.35. The summed E-state index contributed by atoms with van der Waals surface area (Å²) in [6.45, 7) is 4.14. The molecule has 0 amide bonds. The third kappa shape index (κ3) is 4.43. The zero-order valence-electron chi connectivity index (χ0n) is 13.6. The summed E-state index contributed by atoms with van der Waals surface area (Å²) < 4.78 is 5.49. The molecule has 0 fully saturated rings. The minimum atomic E-state index is -0.183. The van der Waals surface area contributed by atoms with Crippen molar-refractivity contribution in [1.29, 1.82) is 0 Å². The van der Waals surface area contributed by atoms with E-state index < -0.39 is 0 Å². The minimum Gasteiger partial charge on any atom is -0.463 e. The summed E-state index contributed by atoms with van der Waals surface area (Å²) in [6, 6.07) is 7.59. The Kier molecular flexibility index (Phi) is 6.17. The third-order valence-electron chi connectivity index (χ3n) is 4.34. The van der Waals surface area contributed by atoms with Crippen molar-refractivity contribution in [2.75, 3.05) is 0 Å². The number of Topliss-reactive ketones (excluding diaryl/α,β-unsaturated/α-hetero) is 1. The smallest absolute Gasteiger partial charge is 0.306 e. The van der Waals surface area contributed by atoms with E-state index in [9.17, 15) is 9.59 Å². The van der Waals surface area contributed by atoms with Gasteiger partial charge in [-0.2, -0.15) is 0 Å². The van der Waals surface area contributed by atoms with Gasteiger partial charge in [-0.25, -0.2) is 0 Å². The predicted octanol–water partition coefficient (Wildman–Crippen LogP) is 4.65. The number of benzene rings is 1. The van der Waals surface area contributed by atoms with Gasteiger partial charge in [-0.05, 0) is 25.3 Å². The van der Waals surface area contributed by atoms with Gasteiger partial charge in [0.15, 0.2) is 5.78 Å². The molecule has 0 aliphatic heterocycles. The Bertz CT molecular complexity index is 521. The molecule has 1 aromatic carbocycles. The first-order valence-corrected chi connectivity index (χ1v) is 8.43. The van der Waals surface area contributed by atoms with Crippen molar-refractivity contribution in [1.82, 2.24) is 0 Å². The molecule has 120 valence electrons. The molecule has 0 aromatic heterocycles. The van der Waals surface area contributed by atoms with Crippen molar-refractivity contribution < 1.29 is 14.3 Å². The van der Waals surface area contributed by atoms with Gasteiger partial charge in [-0.15, -0.1) is 0 Å². The SMILES string of the molecule is CCCCCCC(C)OC(=O)CC1CC(=O)c2ccccc21. The lowest BCUT2D eigenvalue weighted by Gasteiger charge is -2.15. The highest BCUT2D eigenvalue weighted by Gasteiger charge is 2.31. The van der Waals surface area contributed by atoms with E-state index in [1.165, 1.54) is 19.3 Å². The van der Waals surface area contributed by atoms with Gasteiger partial charge in [-0.3, -0.25) is 9.59 Å². The molecule has 0 N–H and O–H groups in total. The molecule has 3 heteroatoms. The van der Waals surface area contributed by atoms with Crippen molar-refractivity contribution in [3.63, 3.8) is 0 Å². The van der Waals surface area contributed by atoms with Gasteiger partial charge in [0.25, 0.3) is 0 Å². The van der Waals surface area contributed by atoms with Gasteiger partial charge in [0.2, 0.25) is 0 Å². The summed E-state index contributed by atoms with van der Waals surface area (Å²) in [4.78, 5) is 24.0. The highest BCUT2D eigenvalue weighted by molar-refractivity contribution is 6.01. The Labute approximate surface area is 133 Å². The van der Waals surface area contributed by atoms with Crippen LogP contribution in [0.2, 0.25) is 0 Å². The predicted molar refractivity (Wildman–Crippen MR) is 87.1 cm³/mol. The van der Waals surface area contributed by atoms with Crippen molar-refractivity contribution in [2.45, 2.75) is 70.8 Å². The molecule has 0 radical (unpaired) electrons. The fourth-order valence-electron chi connectivity index (χ4n) is 3.12. The maximum atomic E-state index is 12.1. The summed E-state index contributed by atoms with van der Waals surface area (Å²) in [5, 5.41) is 0. The van der Waals surface area contributed by atoms with Crippen molar-refractivity contribution >= 4 is 11.8 Å². The maximum Gasteiger partial charge on any atom is 0.306 e. The summed E-state index contributed by atoms with van der Waals surface area (Å²) >= 11 is 0. The molecule has 0 heterocycles. The summed E-state index contributed by atoms with van der Waals surface area (Å²) in [5.74, 6) is -0.0537. The zero-order valence-corrected chi connectivity index (χ0v) is 13.6. The Morgan fingerprint density at radius 3 is 2.82 bits per heavy atom. The number of carbonyl (C=O) groups excluding carboxylic acids is 2. The number of unbranched alkanes of at least 4 members (excludes halogenated alkanes) is 3. The van der Waals surface area contributed by atoms with E-state index in [4.69, 9.17) is 4.74 Å². The van der Waals surface area contributed by atoms with Crippen molar-refractivity contribution in [3.05, 3.63) is 35.4 Å². The molecule has 2 unspecified atom stereocenters. The van der Waals surface area contributed by atoms with Gasteiger partial charge < -0.3 is 4.74 Å². The van der Waals surface area contributed by atoms with Crippen LogP contribution in [0.25, 0.3) is 0 Å². The molecule has 0 saturated heterocycles. The second-order valence-electron chi connectivity index (χ2n) is 6.27. The minimum absolute atomic E-state index is 0.0107. The summed E-state index contributed by atoms with van der Waals surface area (Å²) in [5.41, 5.74) is 1.77. The number of hydrogen-bond donors (Lipinski definition) is 0. The number of carbonyl (C=O) groups is 2. The average molecular weight is 302 g/mol. The highest BCUT2D eigenvalue weighted by atomic mass is 16.5. The fourth-order valence-corrected chi connectivity index (χ4v) is 3.12. The zero-order chi connectivity index (χ0) is 15.9.